The smallest absolute Gasteiger partial charge is 0.316 e. The molecule has 1 atom stereocenters. The van der Waals surface area contributed by atoms with Gasteiger partial charge in [0, 0.05) is 4.90 Å². The maximum atomic E-state index is 12.2. The van der Waals surface area contributed by atoms with Crippen molar-refractivity contribution in [3.63, 3.8) is 0 Å². The van der Waals surface area contributed by atoms with Crippen LogP contribution >= 0.6 is 12.6 Å². The normalized spacial score (nSPS) is 14.2. The van der Waals surface area contributed by atoms with Crippen molar-refractivity contribution in [1.82, 2.24) is 0 Å². The van der Waals surface area contributed by atoms with Crippen molar-refractivity contribution in [3.05, 3.63) is 29.8 Å². The lowest BCUT2D eigenvalue weighted by Gasteiger charge is -2.17. The van der Waals surface area contributed by atoms with Gasteiger partial charge in [0.1, 0.15) is 6.04 Å². The van der Waals surface area contributed by atoms with E-state index in [1.54, 1.807) is 6.07 Å². The molecule has 1 aromatic carbocycles. The fourth-order valence-corrected chi connectivity index (χ4v) is 1.23. The van der Waals surface area contributed by atoms with Crippen molar-refractivity contribution in [2.45, 2.75) is 17.1 Å². The first-order chi connectivity index (χ1) is 5.93. The zero-order chi connectivity index (χ0) is 10.1. The van der Waals surface area contributed by atoms with E-state index in [1.807, 2.05) is 0 Å². The molecule has 0 radical (unpaired) electrons. The third kappa shape index (κ3) is 2.38. The maximum absolute atomic E-state index is 12.2. The summed E-state index contributed by atoms with van der Waals surface area (Å²) in [7, 11) is 0. The highest BCUT2D eigenvalue weighted by molar-refractivity contribution is 7.80. The van der Waals surface area contributed by atoms with Gasteiger partial charge in [0.15, 0.2) is 0 Å². The minimum Gasteiger partial charge on any atom is -0.316 e. The SMILES string of the molecule is N[C@@H](c1ccccc1S)C(F)(F)F. The van der Waals surface area contributed by atoms with E-state index < -0.39 is 12.2 Å². The van der Waals surface area contributed by atoms with Gasteiger partial charge in [-0.25, -0.2) is 0 Å². The van der Waals surface area contributed by atoms with Crippen molar-refractivity contribution >= 4 is 12.6 Å². The fraction of sp³-hybridized carbons (Fsp3) is 0.250. The predicted molar refractivity (Wildman–Crippen MR) is 46.7 cm³/mol. The molecule has 0 saturated carbocycles. The Morgan fingerprint density at radius 3 is 2.23 bits per heavy atom. The first kappa shape index (κ1) is 10.4. The predicted octanol–water partition coefficient (Wildman–Crippen LogP) is 2.54. The molecular weight excluding hydrogens is 199 g/mol. The Hall–Kier alpha value is -0.680. The molecule has 1 aromatic rings. The highest BCUT2D eigenvalue weighted by atomic mass is 32.1. The van der Waals surface area contributed by atoms with Gasteiger partial charge in [-0.2, -0.15) is 13.2 Å². The standard InChI is InChI=1S/C8H8F3NS/c9-8(10,11)7(12)5-3-1-2-4-6(5)13/h1-4,7,13H,12H2/t7-/m0/s1. The Kier molecular flexibility index (Phi) is 2.87. The monoisotopic (exact) mass is 207 g/mol. The van der Waals surface area contributed by atoms with Crippen molar-refractivity contribution < 1.29 is 13.2 Å². The van der Waals surface area contributed by atoms with E-state index in [4.69, 9.17) is 5.73 Å². The third-order valence-electron chi connectivity index (χ3n) is 1.62. The van der Waals surface area contributed by atoms with E-state index >= 15 is 0 Å². The Morgan fingerprint density at radius 1 is 1.23 bits per heavy atom. The van der Waals surface area contributed by atoms with Crippen LogP contribution in [0.1, 0.15) is 11.6 Å². The van der Waals surface area contributed by atoms with Gasteiger partial charge in [0.2, 0.25) is 0 Å². The summed E-state index contributed by atoms with van der Waals surface area (Å²) in [6.45, 7) is 0. The van der Waals surface area contributed by atoms with Crippen LogP contribution in [0.25, 0.3) is 0 Å². The molecule has 5 heteroatoms. The molecule has 0 aliphatic heterocycles. The molecule has 0 aliphatic rings. The van der Waals surface area contributed by atoms with Crippen LogP contribution in [-0.2, 0) is 0 Å². The summed E-state index contributed by atoms with van der Waals surface area (Å²) in [6.07, 6.45) is -4.42. The second kappa shape index (κ2) is 3.59. The van der Waals surface area contributed by atoms with Crippen LogP contribution in [0.4, 0.5) is 13.2 Å². The van der Waals surface area contributed by atoms with Crippen molar-refractivity contribution in [2.24, 2.45) is 5.73 Å². The number of hydrogen-bond donors (Lipinski definition) is 2. The van der Waals surface area contributed by atoms with Crippen LogP contribution in [-0.4, -0.2) is 6.18 Å². The van der Waals surface area contributed by atoms with Gasteiger partial charge >= 0.3 is 6.18 Å². The molecular formula is C8H8F3NS. The van der Waals surface area contributed by atoms with Crippen molar-refractivity contribution in [3.8, 4) is 0 Å². The molecule has 0 heterocycles. The zero-order valence-electron chi connectivity index (χ0n) is 6.55. The van der Waals surface area contributed by atoms with Crippen molar-refractivity contribution in [1.29, 1.82) is 0 Å². The average Bonchev–Trinajstić information content (AvgIpc) is 2.02. The Bertz CT molecular complexity index is 298. The molecule has 1 nitrogen and oxygen atoms in total. The fourth-order valence-electron chi connectivity index (χ4n) is 0.927. The largest absolute Gasteiger partial charge is 0.407 e. The number of alkyl halides is 3. The first-order valence-corrected chi connectivity index (χ1v) is 3.98. The van der Waals surface area contributed by atoms with E-state index in [1.165, 1.54) is 18.2 Å². The molecule has 0 aliphatic carbocycles. The van der Waals surface area contributed by atoms with Crippen LogP contribution in [0, 0.1) is 0 Å². The number of nitrogens with two attached hydrogens (primary N) is 1. The molecule has 1 rings (SSSR count). The quantitative estimate of drug-likeness (QED) is 0.680. The lowest BCUT2D eigenvalue weighted by Crippen LogP contribution is -2.28. The topological polar surface area (TPSA) is 26.0 Å². The van der Waals surface area contributed by atoms with E-state index in [0.717, 1.165) is 0 Å². The summed E-state index contributed by atoms with van der Waals surface area (Å²) < 4.78 is 36.5. The minimum atomic E-state index is -4.42. The van der Waals surface area contributed by atoms with Crippen LogP contribution in [0.5, 0.6) is 0 Å². The lowest BCUT2D eigenvalue weighted by molar-refractivity contribution is -0.149. The molecule has 0 fully saturated rings. The Labute approximate surface area is 79.2 Å². The van der Waals surface area contributed by atoms with Gasteiger partial charge in [0.25, 0.3) is 0 Å². The molecule has 72 valence electrons. The summed E-state index contributed by atoms with van der Waals surface area (Å²) in [4.78, 5) is 0.257. The average molecular weight is 207 g/mol. The van der Waals surface area contributed by atoms with E-state index in [-0.39, 0.29) is 10.5 Å². The van der Waals surface area contributed by atoms with Gasteiger partial charge in [-0.3, -0.25) is 0 Å². The Balaban J connectivity index is 3.02. The van der Waals surface area contributed by atoms with Crippen molar-refractivity contribution in [2.75, 3.05) is 0 Å². The molecule has 2 N–H and O–H groups in total. The van der Waals surface area contributed by atoms with Gasteiger partial charge in [-0.1, -0.05) is 18.2 Å². The summed E-state index contributed by atoms with van der Waals surface area (Å²) >= 11 is 3.89. The van der Waals surface area contributed by atoms with E-state index in [2.05, 4.69) is 12.6 Å². The summed E-state index contributed by atoms with van der Waals surface area (Å²) in [6, 6.07) is 3.95. The number of halogens is 3. The van der Waals surface area contributed by atoms with Gasteiger partial charge < -0.3 is 5.73 Å². The van der Waals surface area contributed by atoms with Crippen LogP contribution < -0.4 is 5.73 Å². The van der Waals surface area contributed by atoms with Gasteiger partial charge in [0.05, 0.1) is 0 Å². The second-order valence-corrected chi connectivity index (χ2v) is 3.06. The summed E-state index contributed by atoms with van der Waals surface area (Å²) in [5.41, 5.74) is 5.00. The zero-order valence-corrected chi connectivity index (χ0v) is 7.44. The molecule has 0 aromatic heterocycles. The molecule has 0 spiro atoms. The summed E-state index contributed by atoms with van der Waals surface area (Å²) in [5.74, 6) is 0. The van der Waals surface area contributed by atoms with E-state index in [0.29, 0.717) is 0 Å². The Morgan fingerprint density at radius 2 is 1.77 bits per heavy atom. The molecule has 13 heavy (non-hydrogen) atoms. The number of benzene rings is 1. The molecule has 0 unspecified atom stereocenters. The number of rotatable bonds is 1. The molecule has 0 bridgehead atoms. The van der Waals surface area contributed by atoms with Crippen LogP contribution in [0.15, 0.2) is 29.2 Å². The number of thiol groups is 1. The van der Waals surface area contributed by atoms with Crippen LogP contribution in [0.2, 0.25) is 0 Å². The van der Waals surface area contributed by atoms with Crippen LogP contribution in [0.3, 0.4) is 0 Å². The number of hydrogen-bond acceptors (Lipinski definition) is 2. The minimum absolute atomic E-state index is 0.00154. The van der Waals surface area contributed by atoms with Gasteiger partial charge in [-0.05, 0) is 11.6 Å². The second-order valence-electron chi connectivity index (χ2n) is 2.58. The first-order valence-electron chi connectivity index (χ1n) is 3.53. The van der Waals surface area contributed by atoms with Gasteiger partial charge in [-0.15, -0.1) is 12.6 Å². The molecule has 0 amide bonds. The third-order valence-corrected chi connectivity index (χ3v) is 2.03. The maximum Gasteiger partial charge on any atom is 0.407 e. The molecule has 0 saturated heterocycles. The summed E-state index contributed by atoms with van der Waals surface area (Å²) in [5, 5.41) is 0. The van der Waals surface area contributed by atoms with E-state index in [9.17, 15) is 13.2 Å². The lowest BCUT2D eigenvalue weighted by atomic mass is 10.1. The highest BCUT2D eigenvalue weighted by Gasteiger charge is 2.38. The highest BCUT2D eigenvalue weighted by Crippen LogP contribution is 2.33.